The Bertz CT molecular complexity index is 1500. The predicted octanol–water partition coefficient (Wildman–Crippen LogP) is 4.96. The van der Waals surface area contributed by atoms with Crippen LogP contribution in [-0.4, -0.2) is 21.7 Å². The topological polar surface area (TPSA) is 95.4 Å². The molecule has 1 aromatic heterocycles. The van der Waals surface area contributed by atoms with Crippen LogP contribution in [-0.2, 0) is 13.0 Å². The number of carbonyl (C=O) groups excluding carboxylic acids is 1. The van der Waals surface area contributed by atoms with Crippen molar-refractivity contribution in [1.82, 2.24) is 4.57 Å². The highest BCUT2D eigenvalue weighted by molar-refractivity contribution is 6.12. The maximum atomic E-state index is 13.0. The standard InChI is InChI=1S/C29H23N3O3/c1-20-24(18-30)28(34)32(17-16-21-10-4-2-5-11-21)29(35)25(20)19-31-26-15-9-8-14-23(26)27(33)22-12-6-3-7-13-22/h2-15,19,35H,16-17H2,1H3. The molecule has 0 amide bonds. The van der Waals surface area contributed by atoms with E-state index >= 15 is 0 Å². The first kappa shape index (κ1) is 23.4. The van der Waals surface area contributed by atoms with Crippen molar-refractivity contribution in [3.8, 4) is 11.9 Å². The molecule has 3 aromatic carbocycles. The van der Waals surface area contributed by atoms with Crippen LogP contribution >= 0.6 is 0 Å². The lowest BCUT2D eigenvalue weighted by molar-refractivity contribution is 0.103. The summed E-state index contributed by atoms with van der Waals surface area (Å²) in [4.78, 5) is 30.4. The maximum Gasteiger partial charge on any atom is 0.271 e. The molecule has 4 rings (SSSR count). The monoisotopic (exact) mass is 461 g/mol. The first-order valence-corrected chi connectivity index (χ1v) is 11.1. The van der Waals surface area contributed by atoms with Crippen molar-refractivity contribution < 1.29 is 9.90 Å². The zero-order valence-corrected chi connectivity index (χ0v) is 19.2. The van der Waals surface area contributed by atoms with Crippen molar-refractivity contribution in [2.24, 2.45) is 4.99 Å². The molecular weight excluding hydrogens is 438 g/mol. The molecule has 4 aromatic rings. The van der Waals surface area contributed by atoms with E-state index in [9.17, 15) is 20.0 Å². The average Bonchev–Trinajstić information content (AvgIpc) is 2.89. The lowest BCUT2D eigenvalue weighted by atomic mass is 10.0. The van der Waals surface area contributed by atoms with Crippen LogP contribution in [0.4, 0.5) is 5.69 Å². The van der Waals surface area contributed by atoms with Gasteiger partial charge in [0.25, 0.3) is 5.56 Å². The van der Waals surface area contributed by atoms with Gasteiger partial charge in [-0.2, -0.15) is 5.26 Å². The minimum Gasteiger partial charge on any atom is -0.494 e. The van der Waals surface area contributed by atoms with E-state index in [0.29, 0.717) is 28.8 Å². The smallest absolute Gasteiger partial charge is 0.271 e. The van der Waals surface area contributed by atoms with Crippen molar-refractivity contribution in [3.05, 3.63) is 129 Å². The summed E-state index contributed by atoms with van der Waals surface area (Å²) in [5.41, 5.74) is 2.36. The number of rotatable bonds is 7. The molecule has 6 nitrogen and oxygen atoms in total. The van der Waals surface area contributed by atoms with Crippen LogP contribution < -0.4 is 5.56 Å². The molecule has 0 aliphatic carbocycles. The molecule has 0 spiro atoms. The average molecular weight is 462 g/mol. The van der Waals surface area contributed by atoms with E-state index in [1.165, 1.54) is 10.8 Å². The number of benzene rings is 3. The van der Waals surface area contributed by atoms with Crippen LogP contribution in [0.5, 0.6) is 5.88 Å². The van der Waals surface area contributed by atoms with Crippen LogP contribution in [0.1, 0.15) is 38.2 Å². The van der Waals surface area contributed by atoms with Crippen LogP contribution in [0, 0.1) is 18.3 Å². The SMILES string of the molecule is Cc1c(C=Nc2ccccc2C(=O)c2ccccc2)c(O)n(CCc2ccccc2)c(=O)c1C#N. The number of pyridine rings is 1. The van der Waals surface area contributed by atoms with E-state index in [4.69, 9.17) is 0 Å². The van der Waals surface area contributed by atoms with Crippen LogP contribution in [0.3, 0.4) is 0 Å². The summed E-state index contributed by atoms with van der Waals surface area (Å²) >= 11 is 0. The van der Waals surface area contributed by atoms with E-state index in [1.54, 1.807) is 55.5 Å². The van der Waals surface area contributed by atoms with Gasteiger partial charge in [0, 0.05) is 23.9 Å². The first-order chi connectivity index (χ1) is 17.0. The van der Waals surface area contributed by atoms with Gasteiger partial charge in [0.1, 0.15) is 11.6 Å². The normalized spacial score (nSPS) is 10.9. The Morgan fingerprint density at radius 3 is 2.31 bits per heavy atom. The van der Waals surface area contributed by atoms with Crippen molar-refractivity contribution >= 4 is 17.7 Å². The zero-order chi connectivity index (χ0) is 24.8. The number of aromatic nitrogens is 1. The van der Waals surface area contributed by atoms with Crippen molar-refractivity contribution in [3.63, 3.8) is 0 Å². The van der Waals surface area contributed by atoms with E-state index in [1.807, 2.05) is 42.5 Å². The van der Waals surface area contributed by atoms with Gasteiger partial charge in [-0.05, 0) is 36.6 Å². The molecule has 1 heterocycles. The van der Waals surface area contributed by atoms with Crippen LogP contribution in [0.25, 0.3) is 0 Å². The van der Waals surface area contributed by atoms with Gasteiger partial charge in [-0.15, -0.1) is 0 Å². The molecule has 0 saturated carbocycles. The fourth-order valence-corrected chi connectivity index (χ4v) is 3.88. The number of ketones is 1. The second-order valence-corrected chi connectivity index (χ2v) is 8.01. The van der Waals surface area contributed by atoms with Gasteiger partial charge in [0.2, 0.25) is 5.88 Å². The second-order valence-electron chi connectivity index (χ2n) is 8.01. The molecular formula is C29H23N3O3. The number of aliphatic imine (C=N–C) groups is 1. The lowest BCUT2D eigenvalue weighted by Gasteiger charge is -2.14. The molecule has 1 N–H and O–H groups in total. The molecule has 0 aliphatic heterocycles. The van der Waals surface area contributed by atoms with Crippen LogP contribution in [0.15, 0.2) is 94.7 Å². The third kappa shape index (κ3) is 4.94. The number of nitriles is 1. The zero-order valence-electron chi connectivity index (χ0n) is 19.2. The number of aromatic hydroxyl groups is 1. The quantitative estimate of drug-likeness (QED) is 0.311. The largest absolute Gasteiger partial charge is 0.494 e. The molecule has 6 heteroatoms. The van der Waals surface area contributed by atoms with Crippen molar-refractivity contribution in [2.75, 3.05) is 0 Å². The summed E-state index contributed by atoms with van der Waals surface area (Å²) in [5.74, 6) is -0.442. The van der Waals surface area contributed by atoms with Gasteiger partial charge in [-0.25, -0.2) is 0 Å². The lowest BCUT2D eigenvalue weighted by Crippen LogP contribution is -2.26. The molecule has 0 aliphatic rings. The summed E-state index contributed by atoms with van der Waals surface area (Å²) in [5, 5.41) is 20.6. The third-order valence-electron chi connectivity index (χ3n) is 5.83. The van der Waals surface area contributed by atoms with Gasteiger partial charge >= 0.3 is 0 Å². The van der Waals surface area contributed by atoms with E-state index < -0.39 is 5.56 Å². The van der Waals surface area contributed by atoms with Crippen LogP contribution in [0.2, 0.25) is 0 Å². The van der Waals surface area contributed by atoms with Crippen molar-refractivity contribution in [2.45, 2.75) is 19.9 Å². The number of para-hydroxylation sites is 1. The van der Waals surface area contributed by atoms with Gasteiger partial charge in [-0.3, -0.25) is 19.1 Å². The molecule has 0 saturated heterocycles. The van der Waals surface area contributed by atoms with Crippen molar-refractivity contribution in [1.29, 1.82) is 5.26 Å². The number of carbonyl (C=O) groups is 1. The number of nitrogens with zero attached hydrogens (tertiary/aromatic N) is 3. The Hall–Kier alpha value is -4.76. The summed E-state index contributed by atoms with van der Waals surface area (Å²) in [6, 6.07) is 27.4. The predicted molar refractivity (Wildman–Crippen MR) is 136 cm³/mol. The summed E-state index contributed by atoms with van der Waals surface area (Å²) < 4.78 is 1.20. The Kier molecular flexibility index (Phi) is 6.99. The Labute approximate surface area is 203 Å². The van der Waals surface area contributed by atoms with E-state index in [2.05, 4.69) is 4.99 Å². The fourth-order valence-electron chi connectivity index (χ4n) is 3.88. The molecule has 0 unspecified atom stereocenters. The molecule has 0 bridgehead atoms. The Morgan fingerprint density at radius 2 is 1.63 bits per heavy atom. The molecule has 0 atom stereocenters. The number of aryl methyl sites for hydroxylation is 1. The highest BCUT2D eigenvalue weighted by atomic mass is 16.3. The number of hydrogen-bond donors (Lipinski definition) is 1. The minimum absolute atomic E-state index is 0.0500. The van der Waals surface area contributed by atoms with Gasteiger partial charge < -0.3 is 5.11 Å². The molecule has 35 heavy (non-hydrogen) atoms. The Balaban J connectivity index is 1.73. The highest BCUT2D eigenvalue weighted by Crippen LogP contribution is 2.25. The summed E-state index contributed by atoms with van der Waals surface area (Å²) in [7, 11) is 0. The van der Waals surface area contributed by atoms with Gasteiger partial charge in [-0.1, -0.05) is 72.8 Å². The molecule has 0 radical (unpaired) electrons. The second kappa shape index (κ2) is 10.4. The fraction of sp³-hybridized carbons (Fsp3) is 0.103. The molecule has 172 valence electrons. The van der Waals surface area contributed by atoms with Gasteiger partial charge in [0.15, 0.2) is 5.78 Å². The maximum absolute atomic E-state index is 13.0. The molecule has 0 fully saturated rings. The number of hydrogen-bond acceptors (Lipinski definition) is 5. The Morgan fingerprint density at radius 1 is 1.00 bits per heavy atom. The van der Waals surface area contributed by atoms with Gasteiger partial charge in [0.05, 0.1) is 11.3 Å². The minimum atomic E-state index is -0.546. The van der Waals surface area contributed by atoms with E-state index in [-0.39, 0.29) is 29.3 Å². The summed E-state index contributed by atoms with van der Waals surface area (Å²) in [6.07, 6.45) is 1.91. The third-order valence-corrected chi connectivity index (χ3v) is 5.83. The first-order valence-electron chi connectivity index (χ1n) is 11.1. The summed E-state index contributed by atoms with van der Waals surface area (Å²) in [6.45, 7) is 1.80. The highest BCUT2D eigenvalue weighted by Gasteiger charge is 2.18. The van der Waals surface area contributed by atoms with E-state index in [0.717, 1.165) is 5.56 Å².